The van der Waals surface area contributed by atoms with Crippen LogP contribution >= 0.6 is 11.6 Å². The summed E-state index contributed by atoms with van der Waals surface area (Å²) in [5.41, 5.74) is -0.256. The zero-order valence-electron chi connectivity index (χ0n) is 11.3. The van der Waals surface area contributed by atoms with E-state index in [9.17, 15) is 4.79 Å². The second-order valence-corrected chi connectivity index (χ2v) is 5.64. The van der Waals surface area contributed by atoms with Crippen molar-refractivity contribution in [1.29, 1.82) is 0 Å². The molecule has 1 aromatic rings. The van der Waals surface area contributed by atoms with Crippen LogP contribution in [0.25, 0.3) is 0 Å². The summed E-state index contributed by atoms with van der Waals surface area (Å²) in [6.45, 7) is 7.75. The average Bonchev–Trinajstić information content (AvgIpc) is 2.25. The van der Waals surface area contributed by atoms with Crippen molar-refractivity contribution >= 4 is 17.5 Å². The minimum atomic E-state index is -0.481. The maximum atomic E-state index is 12.0. The Morgan fingerprint density at radius 1 is 1.33 bits per heavy atom. The number of carbonyl (C=O) groups is 1. The number of nitrogens with one attached hydrogen (secondary N) is 1. The number of hydrogen-bond acceptors (Lipinski definition) is 2. The summed E-state index contributed by atoms with van der Waals surface area (Å²) >= 11 is 5.80. The van der Waals surface area contributed by atoms with E-state index in [1.807, 2.05) is 27.7 Å². The largest absolute Gasteiger partial charge is 0.481 e. The highest BCUT2D eigenvalue weighted by Gasteiger charge is 2.22. The molecule has 0 spiro atoms. The lowest BCUT2D eigenvalue weighted by Crippen LogP contribution is -2.47. The van der Waals surface area contributed by atoms with Gasteiger partial charge < -0.3 is 10.1 Å². The topological polar surface area (TPSA) is 38.3 Å². The van der Waals surface area contributed by atoms with Crippen LogP contribution in [0.3, 0.4) is 0 Å². The van der Waals surface area contributed by atoms with Crippen molar-refractivity contribution in [3.05, 3.63) is 29.3 Å². The Hall–Kier alpha value is -1.22. The van der Waals surface area contributed by atoms with Gasteiger partial charge >= 0.3 is 0 Å². The number of benzene rings is 1. The lowest BCUT2D eigenvalue weighted by Gasteiger charge is -2.24. The van der Waals surface area contributed by atoms with Gasteiger partial charge in [0.2, 0.25) is 0 Å². The van der Waals surface area contributed by atoms with Crippen molar-refractivity contribution in [3.8, 4) is 5.75 Å². The van der Waals surface area contributed by atoms with E-state index in [4.69, 9.17) is 16.3 Å². The molecule has 1 amide bonds. The van der Waals surface area contributed by atoms with Gasteiger partial charge in [0.05, 0.1) is 0 Å². The Kier molecular flexibility index (Phi) is 5.03. The van der Waals surface area contributed by atoms with Crippen LogP contribution in [-0.4, -0.2) is 17.6 Å². The highest BCUT2D eigenvalue weighted by molar-refractivity contribution is 6.30. The van der Waals surface area contributed by atoms with Crippen LogP contribution in [0.4, 0.5) is 0 Å². The van der Waals surface area contributed by atoms with Crippen molar-refractivity contribution in [1.82, 2.24) is 5.32 Å². The zero-order valence-corrected chi connectivity index (χ0v) is 12.0. The lowest BCUT2D eigenvalue weighted by molar-refractivity contribution is -0.129. The van der Waals surface area contributed by atoms with Crippen molar-refractivity contribution in [2.24, 2.45) is 0 Å². The summed E-state index contributed by atoms with van der Waals surface area (Å²) in [6, 6.07) is 7.00. The molecule has 0 aliphatic heterocycles. The SMILES string of the molecule is CCC(Oc1ccc(Cl)cc1)C(=O)NC(C)(C)C. The van der Waals surface area contributed by atoms with E-state index in [0.717, 1.165) is 0 Å². The molecule has 0 aliphatic carbocycles. The fraction of sp³-hybridized carbons (Fsp3) is 0.500. The van der Waals surface area contributed by atoms with Crippen LogP contribution in [0, 0.1) is 0 Å². The van der Waals surface area contributed by atoms with Crippen LogP contribution in [-0.2, 0) is 4.79 Å². The van der Waals surface area contributed by atoms with E-state index >= 15 is 0 Å². The highest BCUT2D eigenvalue weighted by Crippen LogP contribution is 2.18. The van der Waals surface area contributed by atoms with Gasteiger partial charge in [-0.15, -0.1) is 0 Å². The number of rotatable bonds is 4. The van der Waals surface area contributed by atoms with E-state index in [1.165, 1.54) is 0 Å². The van der Waals surface area contributed by atoms with Crippen molar-refractivity contribution < 1.29 is 9.53 Å². The minimum Gasteiger partial charge on any atom is -0.481 e. The molecule has 0 radical (unpaired) electrons. The summed E-state index contributed by atoms with van der Waals surface area (Å²) in [7, 11) is 0. The fourth-order valence-electron chi connectivity index (χ4n) is 1.45. The number of amides is 1. The third-order valence-electron chi connectivity index (χ3n) is 2.25. The van der Waals surface area contributed by atoms with Crippen LogP contribution in [0.2, 0.25) is 5.02 Å². The molecule has 1 atom stereocenters. The van der Waals surface area contributed by atoms with E-state index in [-0.39, 0.29) is 11.4 Å². The number of hydrogen-bond donors (Lipinski definition) is 1. The van der Waals surface area contributed by atoms with E-state index in [1.54, 1.807) is 24.3 Å². The van der Waals surface area contributed by atoms with Gasteiger partial charge in [-0.3, -0.25) is 4.79 Å². The molecule has 0 fully saturated rings. The molecule has 1 aromatic carbocycles. The maximum Gasteiger partial charge on any atom is 0.261 e. The molecule has 0 saturated carbocycles. The Bertz CT molecular complexity index is 395. The quantitative estimate of drug-likeness (QED) is 0.910. The number of halogens is 1. The Balaban J connectivity index is 2.67. The first-order valence-corrected chi connectivity index (χ1v) is 6.44. The van der Waals surface area contributed by atoms with Gasteiger partial charge in [0.15, 0.2) is 6.10 Å². The average molecular weight is 270 g/mol. The third-order valence-corrected chi connectivity index (χ3v) is 2.51. The van der Waals surface area contributed by atoms with E-state index in [0.29, 0.717) is 17.2 Å². The molecule has 1 rings (SSSR count). The highest BCUT2D eigenvalue weighted by atomic mass is 35.5. The standard InChI is InChI=1S/C14H20ClNO2/c1-5-12(13(17)16-14(2,3)4)18-11-8-6-10(15)7-9-11/h6-9,12H,5H2,1-4H3,(H,16,17). The van der Waals surface area contributed by atoms with Crippen LogP contribution in [0.15, 0.2) is 24.3 Å². The second kappa shape index (κ2) is 6.10. The third kappa shape index (κ3) is 4.96. The lowest BCUT2D eigenvalue weighted by atomic mass is 10.1. The first-order chi connectivity index (χ1) is 8.31. The molecule has 1 unspecified atom stereocenters. The number of ether oxygens (including phenoxy) is 1. The van der Waals surface area contributed by atoms with Gasteiger partial charge in [-0.25, -0.2) is 0 Å². The van der Waals surface area contributed by atoms with Crippen molar-refractivity contribution in [2.45, 2.75) is 45.8 Å². The Labute approximate surface area is 113 Å². The van der Waals surface area contributed by atoms with Crippen molar-refractivity contribution in [3.63, 3.8) is 0 Å². The molecule has 3 nitrogen and oxygen atoms in total. The first-order valence-electron chi connectivity index (χ1n) is 6.06. The smallest absolute Gasteiger partial charge is 0.261 e. The molecule has 0 aliphatic rings. The molecule has 0 bridgehead atoms. The van der Waals surface area contributed by atoms with E-state index in [2.05, 4.69) is 5.32 Å². The molecule has 0 saturated heterocycles. The summed E-state index contributed by atoms with van der Waals surface area (Å²) in [4.78, 5) is 12.0. The molecule has 0 heterocycles. The molecule has 18 heavy (non-hydrogen) atoms. The predicted octanol–water partition coefficient (Wildman–Crippen LogP) is 3.41. The Morgan fingerprint density at radius 3 is 2.33 bits per heavy atom. The monoisotopic (exact) mass is 269 g/mol. The van der Waals surface area contributed by atoms with Crippen LogP contribution in [0.1, 0.15) is 34.1 Å². The van der Waals surface area contributed by atoms with Gasteiger partial charge in [0.25, 0.3) is 5.91 Å². The normalized spacial score (nSPS) is 12.9. The van der Waals surface area contributed by atoms with Gasteiger partial charge in [-0.05, 0) is 51.5 Å². The molecular weight excluding hydrogens is 250 g/mol. The summed E-state index contributed by atoms with van der Waals surface area (Å²) in [6.07, 6.45) is 0.135. The molecule has 4 heteroatoms. The van der Waals surface area contributed by atoms with Gasteiger partial charge in [-0.1, -0.05) is 18.5 Å². The second-order valence-electron chi connectivity index (χ2n) is 5.21. The fourth-order valence-corrected chi connectivity index (χ4v) is 1.58. The predicted molar refractivity (Wildman–Crippen MR) is 74.1 cm³/mol. The number of carbonyl (C=O) groups excluding carboxylic acids is 1. The van der Waals surface area contributed by atoms with Gasteiger partial charge in [-0.2, -0.15) is 0 Å². The van der Waals surface area contributed by atoms with Gasteiger partial charge in [0.1, 0.15) is 5.75 Å². The van der Waals surface area contributed by atoms with Crippen LogP contribution in [0.5, 0.6) is 5.75 Å². The summed E-state index contributed by atoms with van der Waals surface area (Å²) in [5, 5.41) is 3.56. The van der Waals surface area contributed by atoms with Crippen LogP contribution < -0.4 is 10.1 Å². The maximum absolute atomic E-state index is 12.0. The zero-order chi connectivity index (χ0) is 13.8. The molecular formula is C14H20ClNO2. The van der Waals surface area contributed by atoms with E-state index < -0.39 is 6.10 Å². The minimum absolute atomic E-state index is 0.0973. The summed E-state index contributed by atoms with van der Waals surface area (Å²) < 4.78 is 5.66. The first kappa shape index (κ1) is 14.8. The molecule has 1 N–H and O–H groups in total. The van der Waals surface area contributed by atoms with Crippen molar-refractivity contribution in [2.75, 3.05) is 0 Å². The molecule has 0 aromatic heterocycles. The molecule has 100 valence electrons. The van der Waals surface area contributed by atoms with Gasteiger partial charge in [0, 0.05) is 10.6 Å². The Morgan fingerprint density at radius 2 is 1.89 bits per heavy atom. The summed E-state index contributed by atoms with van der Waals surface area (Å²) in [5.74, 6) is 0.551.